The van der Waals surface area contributed by atoms with Gasteiger partial charge >= 0.3 is 0 Å². The van der Waals surface area contributed by atoms with Gasteiger partial charge in [-0.15, -0.1) is 0 Å². The molecule has 0 spiro atoms. The van der Waals surface area contributed by atoms with E-state index in [-0.39, 0.29) is 0 Å². The van der Waals surface area contributed by atoms with Crippen molar-refractivity contribution in [1.82, 2.24) is 0 Å². The quantitative estimate of drug-likeness (QED) is 0.528. The molecule has 0 aliphatic heterocycles. The maximum absolute atomic E-state index is 2.39. The fourth-order valence-corrected chi connectivity index (χ4v) is 1.94. The van der Waals surface area contributed by atoms with Crippen molar-refractivity contribution in [2.45, 2.75) is 46.5 Å². The average molecular weight is 152 g/mol. The van der Waals surface area contributed by atoms with E-state index in [1.54, 1.807) is 0 Å². The van der Waals surface area contributed by atoms with Crippen molar-refractivity contribution >= 4 is 0 Å². The smallest absolute Gasteiger partial charge is 0.0320 e. The molecule has 2 atom stereocenters. The summed E-state index contributed by atoms with van der Waals surface area (Å²) < 4.78 is 0. The Morgan fingerprint density at radius 2 is 2.09 bits per heavy atom. The minimum absolute atomic E-state index is 0.991. The summed E-state index contributed by atoms with van der Waals surface area (Å²) in [6.07, 6.45) is 8.10. The highest BCUT2D eigenvalue weighted by molar-refractivity contribution is 4.94. The Bertz CT molecular complexity index is 140. The van der Waals surface area contributed by atoms with Crippen molar-refractivity contribution in [3.8, 4) is 0 Å². The molecule has 1 fully saturated rings. The number of allylic oxidation sites excluding steroid dienone is 2. The van der Waals surface area contributed by atoms with Crippen LogP contribution < -0.4 is 0 Å². The van der Waals surface area contributed by atoms with Crippen LogP contribution in [0, 0.1) is 11.8 Å². The Kier molecular flexibility index (Phi) is 3.16. The second-order valence-corrected chi connectivity index (χ2v) is 4.30. The van der Waals surface area contributed by atoms with E-state index in [1.807, 2.05) is 0 Å². The first-order chi connectivity index (χ1) is 5.18. The number of hydrogen-bond acceptors (Lipinski definition) is 0. The predicted octanol–water partition coefficient (Wildman–Crippen LogP) is 3.78. The van der Waals surface area contributed by atoms with Crippen LogP contribution in [-0.2, 0) is 0 Å². The van der Waals surface area contributed by atoms with Gasteiger partial charge in [0.2, 0.25) is 0 Å². The Morgan fingerprint density at radius 1 is 1.36 bits per heavy atom. The van der Waals surface area contributed by atoms with E-state index in [9.17, 15) is 0 Å². The lowest BCUT2D eigenvalue weighted by molar-refractivity contribution is 0.520. The molecule has 0 saturated heterocycles. The maximum Gasteiger partial charge on any atom is -0.0320 e. The standard InChI is InChI=1S/C11H20/c1-9(2)4-6-11-7-5-10(3)8-11/h4,10-11H,5-8H2,1-3H3. The normalized spacial score (nSPS) is 30.5. The summed E-state index contributed by atoms with van der Waals surface area (Å²) in [5.41, 5.74) is 1.48. The Hall–Kier alpha value is -0.260. The van der Waals surface area contributed by atoms with Crippen molar-refractivity contribution in [2.75, 3.05) is 0 Å². The molecule has 0 N–H and O–H groups in total. The van der Waals surface area contributed by atoms with Gasteiger partial charge in [-0.05, 0) is 44.9 Å². The molecule has 1 rings (SSSR count). The number of rotatable bonds is 2. The van der Waals surface area contributed by atoms with E-state index in [4.69, 9.17) is 0 Å². The summed E-state index contributed by atoms with van der Waals surface area (Å²) in [5, 5.41) is 0. The summed E-state index contributed by atoms with van der Waals surface area (Å²) in [6, 6.07) is 0. The molecule has 64 valence electrons. The van der Waals surface area contributed by atoms with Crippen LogP contribution >= 0.6 is 0 Å². The predicted molar refractivity (Wildman–Crippen MR) is 50.6 cm³/mol. The zero-order valence-corrected chi connectivity index (χ0v) is 8.06. The van der Waals surface area contributed by atoms with Crippen LogP contribution in [0.2, 0.25) is 0 Å². The molecular weight excluding hydrogens is 132 g/mol. The molecule has 0 radical (unpaired) electrons. The second-order valence-electron chi connectivity index (χ2n) is 4.30. The zero-order valence-electron chi connectivity index (χ0n) is 8.06. The molecule has 11 heavy (non-hydrogen) atoms. The van der Waals surface area contributed by atoms with Crippen LogP contribution in [0.3, 0.4) is 0 Å². The van der Waals surface area contributed by atoms with E-state index < -0.39 is 0 Å². The fraction of sp³-hybridized carbons (Fsp3) is 0.818. The van der Waals surface area contributed by atoms with Gasteiger partial charge in [0.25, 0.3) is 0 Å². The SMILES string of the molecule is CC(C)=CCC1CCC(C)C1. The van der Waals surface area contributed by atoms with Gasteiger partial charge in [0.15, 0.2) is 0 Å². The molecule has 2 unspecified atom stereocenters. The van der Waals surface area contributed by atoms with Crippen LogP contribution in [0.4, 0.5) is 0 Å². The van der Waals surface area contributed by atoms with Gasteiger partial charge < -0.3 is 0 Å². The molecule has 0 nitrogen and oxygen atoms in total. The molecule has 1 aliphatic rings. The van der Waals surface area contributed by atoms with Crippen LogP contribution in [-0.4, -0.2) is 0 Å². The molecule has 1 saturated carbocycles. The maximum atomic E-state index is 2.39. The molecular formula is C11H20. The van der Waals surface area contributed by atoms with Gasteiger partial charge in [0.1, 0.15) is 0 Å². The van der Waals surface area contributed by atoms with Crippen molar-refractivity contribution < 1.29 is 0 Å². The van der Waals surface area contributed by atoms with Crippen LogP contribution in [0.25, 0.3) is 0 Å². The summed E-state index contributed by atoms with van der Waals surface area (Å²) in [4.78, 5) is 0. The molecule has 0 bridgehead atoms. The van der Waals surface area contributed by atoms with Gasteiger partial charge in [-0.1, -0.05) is 25.0 Å². The van der Waals surface area contributed by atoms with Crippen LogP contribution in [0.15, 0.2) is 11.6 Å². The third kappa shape index (κ3) is 3.09. The van der Waals surface area contributed by atoms with Crippen molar-refractivity contribution in [3.05, 3.63) is 11.6 Å². The largest absolute Gasteiger partial charge is 0.0856 e. The van der Waals surface area contributed by atoms with E-state index >= 15 is 0 Å². The summed E-state index contributed by atoms with van der Waals surface area (Å²) in [5.74, 6) is 1.99. The molecule has 0 heterocycles. The van der Waals surface area contributed by atoms with Crippen LogP contribution in [0.5, 0.6) is 0 Å². The number of hydrogen-bond donors (Lipinski definition) is 0. The van der Waals surface area contributed by atoms with E-state index in [2.05, 4.69) is 26.8 Å². The third-order valence-corrected chi connectivity index (χ3v) is 2.66. The van der Waals surface area contributed by atoms with Crippen LogP contribution in [0.1, 0.15) is 46.5 Å². The molecule has 0 heteroatoms. The van der Waals surface area contributed by atoms with Gasteiger partial charge in [-0.3, -0.25) is 0 Å². The molecule has 0 amide bonds. The highest BCUT2D eigenvalue weighted by Gasteiger charge is 2.19. The summed E-state index contributed by atoms with van der Waals surface area (Å²) in [6.45, 7) is 6.76. The summed E-state index contributed by atoms with van der Waals surface area (Å²) >= 11 is 0. The van der Waals surface area contributed by atoms with E-state index in [0.717, 1.165) is 11.8 Å². The first-order valence-corrected chi connectivity index (χ1v) is 4.82. The lowest BCUT2D eigenvalue weighted by Crippen LogP contribution is -1.91. The minimum atomic E-state index is 0.991. The molecule has 0 aromatic carbocycles. The fourth-order valence-electron chi connectivity index (χ4n) is 1.94. The highest BCUT2D eigenvalue weighted by atomic mass is 14.2. The van der Waals surface area contributed by atoms with Gasteiger partial charge in [0, 0.05) is 0 Å². The van der Waals surface area contributed by atoms with Gasteiger partial charge in [-0.2, -0.15) is 0 Å². The molecule has 0 aromatic rings. The lowest BCUT2D eigenvalue weighted by Gasteiger charge is -2.05. The zero-order chi connectivity index (χ0) is 8.27. The Balaban J connectivity index is 2.23. The topological polar surface area (TPSA) is 0 Å². The average Bonchev–Trinajstić information content (AvgIpc) is 2.31. The Labute approximate surface area is 70.7 Å². The van der Waals surface area contributed by atoms with E-state index in [1.165, 1.54) is 31.3 Å². The lowest BCUT2D eigenvalue weighted by atomic mass is 10.0. The Morgan fingerprint density at radius 3 is 2.55 bits per heavy atom. The monoisotopic (exact) mass is 152 g/mol. The first kappa shape index (κ1) is 8.83. The minimum Gasteiger partial charge on any atom is -0.0856 e. The summed E-state index contributed by atoms with van der Waals surface area (Å²) in [7, 11) is 0. The highest BCUT2D eigenvalue weighted by Crippen LogP contribution is 2.32. The van der Waals surface area contributed by atoms with Gasteiger partial charge in [-0.25, -0.2) is 0 Å². The second kappa shape index (κ2) is 3.94. The molecule has 0 aromatic heterocycles. The van der Waals surface area contributed by atoms with Gasteiger partial charge in [0.05, 0.1) is 0 Å². The van der Waals surface area contributed by atoms with Crippen molar-refractivity contribution in [1.29, 1.82) is 0 Å². The molecule has 1 aliphatic carbocycles. The van der Waals surface area contributed by atoms with E-state index in [0.29, 0.717) is 0 Å². The van der Waals surface area contributed by atoms with Crippen molar-refractivity contribution in [3.63, 3.8) is 0 Å². The first-order valence-electron chi connectivity index (χ1n) is 4.82. The third-order valence-electron chi connectivity index (χ3n) is 2.66. The van der Waals surface area contributed by atoms with Crippen molar-refractivity contribution in [2.24, 2.45) is 11.8 Å².